The molecule has 1 aromatic rings. The maximum atomic E-state index is 5.86. The molecule has 2 aliphatic heterocycles. The van der Waals surface area contributed by atoms with Gasteiger partial charge in [0, 0.05) is 26.7 Å². The molecule has 2 saturated heterocycles. The molecule has 2 fully saturated rings. The number of aromatic nitrogens is 3. The van der Waals surface area contributed by atoms with Crippen LogP contribution in [0.4, 0.5) is 0 Å². The van der Waals surface area contributed by atoms with Crippen molar-refractivity contribution in [2.24, 2.45) is 7.05 Å². The third-order valence-electron chi connectivity index (χ3n) is 3.09. The second-order valence-electron chi connectivity index (χ2n) is 4.18. The zero-order valence-corrected chi connectivity index (χ0v) is 8.73. The van der Waals surface area contributed by atoms with E-state index in [1.54, 1.807) is 11.0 Å². The van der Waals surface area contributed by atoms with Crippen LogP contribution in [0.1, 0.15) is 11.9 Å². The molecule has 2 N–H and O–H groups in total. The van der Waals surface area contributed by atoms with Gasteiger partial charge in [-0.05, 0) is 0 Å². The van der Waals surface area contributed by atoms with Crippen molar-refractivity contribution in [1.29, 1.82) is 0 Å². The number of aryl methyl sites for hydroxylation is 1. The van der Waals surface area contributed by atoms with Crippen LogP contribution < -0.4 is 10.6 Å². The van der Waals surface area contributed by atoms with E-state index < -0.39 is 0 Å². The topological polar surface area (TPSA) is 64.0 Å². The van der Waals surface area contributed by atoms with Gasteiger partial charge < -0.3 is 15.4 Å². The summed E-state index contributed by atoms with van der Waals surface area (Å²) in [6, 6.07) is 0.119. The zero-order chi connectivity index (χ0) is 10.3. The quantitative estimate of drug-likeness (QED) is 0.609. The van der Waals surface area contributed by atoms with Gasteiger partial charge in [0.05, 0.1) is 6.61 Å². The van der Waals surface area contributed by atoms with Crippen LogP contribution in [0, 0.1) is 0 Å². The minimum atomic E-state index is -0.125. The molecule has 82 valence electrons. The fraction of sp³-hybridized carbons (Fsp3) is 0.778. The first-order valence-corrected chi connectivity index (χ1v) is 5.24. The lowest BCUT2D eigenvalue weighted by atomic mass is 9.86. The highest BCUT2D eigenvalue weighted by Crippen LogP contribution is 2.33. The van der Waals surface area contributed by atoms with Crippen molar-refractivity contribution in [1.82, 2.24) is 25.4 Å². The summed E-state index contributed by atoms with van der Waals surface area (Å²) < 4.78 is 7.59. The smallest absolute Gasteiger partial charge is 0.170 e. The molecule has 0 amide bonds. The summed E-state index contributed by atoms with van der Waals surface area (Å²) in [6.07, 6.45) is 1.73. The fourth-order valence-corrected chi connectivity index (χ4v) is 2.22. The molecule has 1 atom stereocenters. The van der Waals surface area contributed by atoms with Crippen molar-refractivity contribution in [3.05, 3.63) is 12.2 Å². The van der Waals surface area contributed by atoms with Crippen molar-refractivity contribution in [2.75, 3.05) is 26.2 Å². The second-order valence-corrected chi connectivity index (χ2v) is 4.18. The van der Waals surface area contributed by atoms with Crippen LogP contribution in [0.5, 0.6) is 0 Å². The molecule has 3 heterocycles. The lowest BCUT2D eigenvalue weighted by Gasteiger charge is -2.49. The highest BCUT2D eigenvalue weighted by molar-refractivity contribution is 5.12. The minimum absolute atomic E-state index is 0.119. The Bertz CT molecular complexity index is 359. The molecule has 1 unspecified atom stereocenters. The summed E-state index contributed by atoms with van der Waals surface area (Å²) in [5.74, 6) is 0.832. The number of hydrogen-bond donors (Lipinski definition) is 2. The first-order valence-electron chi connectivity index (χ1n) is 5.24. The molecule has 0 bridgehead atoms. The third kappa shape index (κ3) is 1.37. The Morgan fingerprint density at radius 1 is 1.60 bits per heavy atom. The monoisotopic (exact) mass is 209 g/mol. The Labute approximate surface area is 88.0 Å². The fourth-order valence-electron chi connectivity index (χ4n) is 2.22. The van der Waals surface area contributed by atoms with Crippen molar-refractivity contribution in [2.45, 2.75) is 11.6 Å². The molecule has 15 heavy (non-hydrogen) atoms. The summed E-state index contributed by atoms with van der Waals surface area (Å²) in [5, 5.41) is 11.0. The highest BCUT2D eigenvalue weighted by atomic mass is 16.5. The van der Waals surface area contributed by atoms with E-state index in [-0.39, 0.29) is 11.6 Å². The Hall–Kier alpha value is -0.980. The van der Waals surface area contributed by atoms with Gasteiger partial charge in [-0.3, -0.25) is 4.68 Å². The average molecular weight is 209 g/mol. The second kappa shape index (κ2) is 3.26. The van der Waals surface area contributed by atoms with Gasteiger partial charge >= 0.3 is 0 Å². The van der Waals surface area contributed by atoms with Crippen LogP contribution in [0.25, 0.3) is 0 Å². The van der Waals surface area contributed by atoms with Gasteiger partial charge in [0.25, 0.3) is 0 Å². The van der Waals surface area contributed by atoms with Crippen molar-refractivity contribution >= 4 is 0 Å². The molecule has 6 heteroatoms. The Morgan fingerprint density at radius 3 is 3.07 bits per heavy atom. The Kier molecular flexibility index (Phi) is 2.01. The number of rotatable bonds is 1. The van der Waals surface area contributed by atoms with Gasteiger partial charge in [-0.25, -0.2) is 4.98 Å². The first kappa shape index (κ1) is 9.26. The van der Waals surface area contributed by atoms with Gasteiger partial charge in [-0.15, -0.1) is 0 Å². The van der Waals surface area contributed by atoms with Crippen LogP contribution in [0.3, 0.4) is 0 Å². The van der Waals surface area contributed by atoms with E-state index in [1.807, 2.05) is 7.05 Å². The largest absolute Gasteiger partial charge is 0.369 e. The predicted octanol–water partition coefficient (Wildman–Crippen LogP) is -1.18. The van der Waals surface area contributed by atoms with E-state index in [2.05, 4.69) is 20.7 Å². The number of hydrogen-bond acceptors (Lipinski definition) is 5. The molecule has 3 rings (SSSR count). The molecule has 1 spiro atoms. The van der Waals surface area contributed by atoms with Crippen molar-refractivity contribution < 1.29 is 4.74 Å². The van der Waals surface area contributed by atoms with E-state index in [9.17, 15) is 0 Å². The molecule has 1 aromatic heterocycles. The average Bonchev–Trinajstić information content (AvgIpc) is 2.62. The molecule has 6 nitrogen and oxygen atoms in total. The maximum Gasteiger partial charge on any atom is 0.170 e. The van der Waals surface area contributed by atoms with Gasteiger partial charge in [-0.2, -0.15) is 5.10 Å². The molecule has 2 aliphatic rings. The van der Waals surface area contributed by atoms with Crippen LogP contribution in [0.2, 0.25) is 0 Å². The number of nitrogens with one attached hydrogen (secondary N) is 2. The standard InChI is InChI=1S/C9H15N5O/c1-14-6-12-8(13-14)7-9(4-10-5-9)15-3-2-11-7/h6-7,10-11H,2-5H2,1H3. The van der Waals surface area contributed by atoms with E-state index in [1.165, 1.54) is 0 Å². The summed E-state index contributed by atoms with van der Waals surface area (Å²) in [4.78, 5) is 4.30. The van der Waals surface area contributed by atoms with E-state index >= 15 is 0 Å². The molecular formula is C9H15N5O. The molecule has 0 aromatic carbocycles. The molecular weight excluding hydrogens is 194 g/mol. The highest BCUT2D eigenvalue weighted by Gasteiger charge is 2.49. The Balaban J connectivity index is 1.89. The van der Waals surface area contributed by atoms with Crippen LogP contribution in [0.15, 0.2) is 6.33 Å². The summed E-state index contributed by atoms with van der Waals surface area (Å²) >= 11 is 0. The predicted molar refractivity (Wildman–Crippen MR) is 53.3 cm³/mol. The summed E-state index contributed by atoms with van der Waals surface area (Å²) in [6.45, 7) is 3.39. The van der Waals surface area contributed by atoms with Gasteiger partial charge in [0.2, 0.25) is 0 Å². The minimum Gasteiger partial charge on any atom is -0.369 e. The maximum absolute atomic E-state index is 5.86. The first-order chi connectivity index (χ1) is 7.30. The number of morpholine rings is 1. The molecule has 0 saturated carbocycles. The van der Waals surface area contributed by atoms with Crippen LogP contribution in [-0.2, 0) is 11.8 Å². The number of ether oxygens (including phenoxy) is 1. The van der Waals surface area contributed by atoms with E-state index in [0.29, 0.717) is 0 Å². The van der Waals surface area contributed by atoms with Crippen LogP contribution >= 0.6 is 0 Å². The van der Waals surface area contributed by atoms with Crippen molar-refractivity contribution in [3.63, 3.8) is 0 Å². The van der Waals surface area contributed by atoms with Gasteiger partial charge in [0.1, 0.15) is 18.0 Å². The number of nitrogens with zero attached hydrogens (tertiary/aromatic N) is 3. The summed E-state index contributed by atoms with van der Waals surface area (Å²) in [5.41, 5.74) is -0.125. The van der Waals surface area contributed by atoms with Crippen molar-refractivity contribution in [3.8, 4) is 0 Å². The van der Waals surface area contributed by atoms with Gasteiger partial charge in [-0.1, -0.05) is 0 Å². The summed E-state index contributed by atoms with van der Waals surface area (Å²) in [7, 11) is 1.88. The van der Waals surface area contributed by atoms with Crippen LogP contribution in [-0.4, -0.2) is 46.6 Å². The van der Waals surface area contributed by atoms with E-state index in [4.69, 9.17) is 4.74 Å². The molecule has 0 aliphatic carbocycles. The lowest BCUT2D eigenvalue weighted by molar-refractivity contribution is -0.130. The van der Waals surface area contributed by atoms with Gasteiger partial charge in [0.15, 0.2) is 5.82 Å². The Morgan fingerprint density at radius 2 is 2.47 bits per heavy atom. The zero-order valence-electron chi connectivity index (χ0n) is 8.73. The third-order valence-corrected chi connectivity index (χ3v) is 3.09. The van der Waals surface area contributed by atoms with E-state index in [0.717, 1.165) is 32.1 Å². The molecule has 0 radical (unpaired) electrons. The normalized spacial score (nSPS) is 29.0. The SMILES string of the molecule is Cn1cnc(C2NCCOC23CNC3)n1. The lowest BCUT2D eigenvalue weighted by Crippen LogP contribution is -2.69.